The van der Waals surface area contributed by atoms with Gasteiger partial charge < -0.3 is 20.2 Å². The fourth-order valence-electron chi connectivity index (χ4n) is 2.35. The number of hydrogen-bond acceptors (Lipinski definition) is 7. The fourth-order valence-corrected chi connectivity index (χ4v) is 2.35. The van der Waals surface area contributed by atoms with Gasteiger partial charge in [0.15, 0.2) is 5.65 Å². The molecule has 0 bridgehead atoms. The van der Waals surface area contributed by atoms with Crippen LogP contribution in [0.5, 0.6) is 0 Å². The van der Waals surface area contributed by atoms with Crippen LogP contribution in [0.4, 0.5) is 0 Å². The summed E-state index contributed by atoms with van der Waals surface area (Å²) in [5, 5.41) is 12.2. The van der Waals surface area contributed by atoms with Crippen molar-refractivity contribution in [2.45, 2.75) is 39.7 Å². The van der Waals surface area contributed by atoms with Crippen molar-refractivity contribution in [3.8, 4) is 0 Å². The van der Waals surface area contributed by atoms with Gasteiger partial charge in [-0.05, 0) is 52.0 Å². The molecule has 0 unspecified atom stereocenters. The number of fused-ring (bicyclic) bond motifs is 1. The maximum Gasteiger partial charge on any atom is 0.341 e. The third-order valence-electron chi connectivity index (χ3n) is 3.76. The average molecular weight is 384 g/mol. The van der Waals surface area contributed by atoms with Crippen LogP contribution in [0.1, 0.15) is 33.4 Å². The molecule has 0 radical (unpaired) electrons. The van der Waals surface area contributed by atoms with E-state index in [0.29, 0.717) is 18.6 Å². The van der Waals surface area contributed by atoms with Gasteiger partial charge in [0.25, 0.3) is 0 Å². The van der Waals surface area contributed by atoms with Gasteiger partial charge in [0, 0.05) is 36.4 Å². The largest absolute Gasteiger partial charge is 0.462 e. The third-order valence-corrected chi connectivity index (χ3v) is 3.76. The Kier molecular flexibility index (Phi) is 7.63. The maximum atomic E-state index is 12.2. The minimum Gasteiger partial charge on any atom is -0.462 e. The number of aromatic nitrogens is 2. The van der Waals surface area contributed by atoms with Crippen molar-refractivity contribution in [1.29, 1.82) is 5.41 Å². The minimum absolute atomic E-state index is 0.0354. The number of ether oxygens (including phenoxy) is 2. The van der Waals surface area contributed by atoms with E-state index in [1.807, 2.05) is 45.0 Å². The second-order valence-corrected chi connectivity index (χ2v) is 7.21. The Morgan fingerprint density at radius 3 is 2.79 bits per heavy atom. The molecule has 0 aromatic carbocycles. The van der Waals surface area contributed by atoms with Gasteiger partial charge in [0.05, 0.1) is 30.1 Å². The smallest absolute Gasteiger partial charge is 0.341 e. The molecule has 0 aliphatic heterocycles. The van der Waals surface area contributed by atoms with Crippen molar-refractivity contribution in [1.82, 2.24) is 15.3 Å². The summed E-state index contributed by atoms with van der Waals surface area (Å²) in [7, 11) is 0. The second kappa shape index (κ2) is 9.94. The van der Waals surface area contributed by atoms with Gasteiger partial charge in [-0.3, -0.25) is 0 Å². The Labute approximate surface area is 165 Å². The van der Waals surface area contributed by atoms with Gasteiger partial charge in [-0.2, -0.15) is 0 Å². The lowest BCUT2D eigenvalue weighted by atomic mass is 10.1. The van der Waals surface area contributed by atoms with Gasteiger partial charge in [-0.15, -0.1) is 0 Å². The van der Waals surface area contributed by atoms with Crippen LogP contribution in [0.15, 0.2) is 42.2 Å². The van der Waals surface area contributed by atoms with E-state index in [0.717, 1.165) is 11.1 Å². The predicted molar refractivity (Wildman–Crippen MR) is 109 cm³/mol. The molecule has 150 valence electrons. The molecule has 7 heteroatoms. The lowest BCUT2D eigenvalue weighted by Gasteiger charge is -2.20. The molecule has 2 aromatic heterocycles. The van der Waals surface area contributed by atoms with Crippen LogP contribution >= 0.6 is 0 Å². The average Bonchev–Trinajstić information content (AvgIpc) is 2.65. The summed E-state index contributed by atoms with van der Waals surface area (Å²) in [6, 6.07) is 7.80. The van der Waals surface area contributed by atoms with Crippen molar-refractivity contribution >= 4 is 22.7 Å². The molecule has 2 rings (SSSR count). The van der Waals surface area contributed by atoms with E-state index in [4.69, 9.17) is 14.9 Å². The molecule has 0 aliphatic carbocycles. The molecule has 2 aromatic rings. The zero-order valence-electron chi connectivity index (χ0n) is 16.9. The molecule has 28 heavy (non-hydrogen) atoms. The van der Waals surface area contributed by atoms with Crippen molar-refractivity contribution in [3.63, 3.8) is 0 Å². The number of carbonyl (C=O) groups excluding carboxylic acids is 1. The summed E-state index contributed by atoms with van der Waals surface area (Å²) >= 11 is 0. The van der Waals surface area contributed by atoms with Crippen molar-refractivity contribution in [2.24, 2.45) is 0 Å². The highest BCUT2D eigenvalue weighted by Gasteiger charge is 2.19. The third kappa shape index (κ3) is 6.74. The first-order valence-corrected chi connectivity index (χ1v) is 9.33. The molecular formula is C21H28N4O3. The Bertz CT molecular complexity index is 856. The molecule has 0 atom stereocenters. The van der Waals surface area contributed by atoms with Gasteiger partial charge in [-0.1, -0.05) is 0 Å². The predicted octanol–water partition coefficient (Wildman–Crippen LogP) is 3.04. The number of hydrogen-bond donors (Lipinski definition) is 2. The normalized spacial score (nSPS) is 12.1. The molecule has 0 spiro atoms. The highest BCUT2D eigenvalue weighted by atomic mass is 16.5. The molecular weight excluding hydrogens is 356 g/mol. The zero-order chi connectivity index (χ0) is 20.6. The Balaban J connectivity index is 1.98. The van der Waals surface area contributed by atoms with E-state index in [-0.39, 0.29) is 24.5 Å². The van der Waals surface area contributed by atoms with Crippen molar-refractivity contribution < 1.29 is 14.3 Å². The first kappa shape index (κ1) is 21.5. The van der Waals surface area contributed by atoms with Crippen LogP contribution in [-0.4, -0.2) is 47.0 Å². The quantitative estimate of drug-likeness (QED) is 0.298. The molecule has 2 N–H and O–H groups in total. The number of nitrogens with one attached hydrogen (secondary N) is 2. The number of pyridine rings is 2. The maximum absolute atomic E-state index is 12.2. The Morgan fingerprint density at radius 2 is 2.07 bits per heavy atom. The number of nitrogens with zero attached hydrogens (tertiary/aromatic N) is 2. The van der Waals surface area contributed by atoms with E-state index in [1.54, 1.807) is 13.1 Å². The van der Waals surface area contributed by atoms with E-state index in [1.165, 1.54) is 6.20 Å². The second-order valence-electron chi connectivity index (χ2n) is 7.21. The van der Waals surface area contributed by atoms with Crippen molar-refractivity contribution in [2.75, 3.05) is 19.8 Å². The lowest BCUT2D eigenvalue weighted by molar-refractivity contribution is -0.138. The summed E-state index contributed by atoms with van der Waals surface area (Å²) in [4.78, 5) is 21.0. The summed E-state index contributed by atoms with van der Waals surface area (Å²) in [6.07, 6.45) is 3.90. The number of carbonyl (C=O) groups is 1. The molecule has 0 aliphatic rings. The minimum atomic E-state index is -0.537. The zero-order valence-corrected chi connectivity index (χ0v) is 16.9. The first-order chi connectivity index (χ1) is 13.3. The summed E-state index contributed by atoms with van der Waals surface area (Å²) in [6.45, 7) is 8.28. The number of esters is 1. The van der Waals surface area contributed by atoms with E-state index in [9.17, 15) is 4.79 Å². The molecule has 0 fully saturated rings. The molecule has 7 nitrogen and oxygen atoms in total. The Hall–Kier alpha value is -2.80. The molecule has 2 heterocycles. The van der Waals surface area contributed by atoms with Crippen LogP contribution in [0, 0.1) is 5.41 Å². The Morgan fingerprint density at radius 1 is 1.29 bits per heavy atom. The van der Waals surface area contributed by atoms with Crippen LogP contribution in [0.2, 0.25) is 0 Å². The van der Waals surface area contributed by atoms with E-state index < -0.39 is 11.6 Å². The summed E-state index contributed by atoms with van der Waals surface area (Å²) in [5.41, 5.74) is 1.46. The van der Waals surface area contributed by atoms with E-state index in [2.05, 4.69) is 15.3 Å². The molecule has 0 saturated heterocycles. The topological polar surface area (TPSA) is 97.2 Å². The van der Waals surface area contributed by atoms with Crippen LogP contribution in [0.25, 0.3) is 11.0 Å². The highest BCUT2D eigenvalue weighted by molar-refractivity contribution is 6.19. The SMILES string of the molecule is CCOC(=O)/C(=C/NCCc1ccc2cccnc2n1)C(=N)COC(C)(C)C. The van der Waals surface area contributed by atoms with E-state index >= 15 is 0 Å². The summed E-state index contributed by atoms with van der Waals surface area (Å²) < 4.78 is 10.7. The van der Waals surface area contributed by atoms with Crippen LogP contribution < -0.4 is 5.32 Å². The fraction of sp³-hybridized carbons (Fsp3) is 0.429. The van der Waals surface area contributed by atoms with Gasteiger partial charge in [0.2, 0.25) is 0 Å². The van der Waals surface area contributed by atoms with Gasteiger partial charge in [0.1, 0.15) is 0 Å². The monoisotopic (exact) mass is 384 g/mol. The van der Waals surface area contributed by atoms with Crippen LogP contribution in [-0.2, 0) is 20.7 Å². The highest BCUT2D eigenvalue weighted by Crippen LogP contribution is 2.10. The first-order valence-electron chi connectivity index (χ1n) is 9.33. The standard InChI is InChI=1S/C21H28N4O3/c1-5-27-20(26)17(18(22)14-28-21(2,3)4)13-23-12-10-16-9-8-15-7-6-11-24-19(15)25-16/h6-9,11,13,22-23H,5,10,12,14H2,1-4H3/b17-13+,22-18?. The van der Waals surface area contributed by atoms with Gasteiger partial charge in [-0.25, -0.2) is 14.8 Å². The van der Waals surface area contributed by atoms with Gasteiger partial charge >= 0.3 is 5.97 Å². The van der Waals surface area contributed by atoms with Crippen molar-refractivity contribution in [3.05, 3.63) is 47.9 Å². The summed E-state index contributed by atoms with van der Waals surface area (Å²) in [5.74, 6) is -0.537. The van der Waals surface area contributed by atoms with Crippen LogP contribution in [0.3, 0.4) is 0 Å². The molecule has 0 amide bonds. The number of rotatable bonds is 9. The molecule has 0 saturated carbocycles. The lowest BCUT2D eigenvalue weighted by Crippen LogP contribution is -2.27.